The second-order valence-corrected chi connectivity index (χ2v) is 11.8. The van der Waals surface area contributed by atoms with Crippen LogP contribution < -0.4 is 0 Å². The third kappa shape index (κ3) is 6.17. The Morgan fingerprint density at radius 2 is 1.83 bits per heavy atom. The fourth-order valence-corrected chi connectivity index (χ4v) is 3.61. The molecule has 0 bridgehead atoms. The first kappa shape index (κ1) is 15.2. The van der Waals surface area contributed by atoms with Crippen LogP contribution in [0, 0.1) is 5.92 Å². The normalized spacial score (nSPS) is 13.3. The Labute approximate surface area is 113 Å². The average Bonchev–Trinajstić information content (AvgIpc) is 2.28. The summed E-state index contributed by atoms with van der Waals surface area (Å²) in [6, 6.07) is 11.5. The molecule has 18 heavy (non-hydrogen) atoms. The molecule has 100 valence electrons. The van der Waals surface area contributed by atoms with E-state index in [-0.39, 0.29) is 0 Å². The maximum Gasteiger partial charge on any atom is 0.0717 e. The first-order chi connectivity index (χ1) is 8.38. The van der Waals surface area contributed by atoms with Gasteiger partial charge in [-0.05, 0) is 17.5 Å². The van der Waals surface area contributed by atoms with Crippen molar-refractivity contribution in [2.75, 3.05) is 6.61 Å². The van der Waals surface area contributed by atoms with Gasteiger partial charge < -0.3 is 4.74 Å². The van der Waals surface area contributed by atoms with E-state index in [1.54, 1.807) is 0 Å². The lowest BCUT2D eigenvalue weighted by atomic mass is 10.1. The lowest BCUT2D eigenvalue weighted by Crippen LogP contribution is -2.22. The highest BCUT2D eigenvalue weighted by molar-refractivity contribution is 6.76. The van der Waals surface area contributed by atoms with Crippen molar-refractivity contribution >= 4 is 8.07 Å². The van der Waals surface area contributed by atoms with Gasteiger partial charge in [0.05, 0.1) is 13.2 Å². The molecule has 1 aromatic rings. The topological polar surface area (TPSA) is 9.23 Å². The fraction of sp³-hybridized carbons (Fsp3) is 0.500. The molecule has 0 saturated heterocycles. The van der Waals surface area contributed by atoms with Gasteiger partial charge in [0.15, 0.2) is 0 Å². The molecule has 0 aromatic heterocycles. The maximum absolute atomic E-state index is 5.77. The third-order valence-electron chi connectivity index (χ3n) is 2.93. The number of benzene rings is 1. The third-order valence-corrected chi connectivity index (χ3v) is 4.45. The monoisotopic (exact) mass is 262 g/mol. The Balaban J connectivity index is 2.29. The zero-order chi connectivity index (χ0) is 13.6. The molecule has 0 fully saturated rings. The summed E-state index contributed by atoms with van der Waals surface area (Å²) >= 11 is 0. The average molecular weight is 262 g/mol. The molecule has 0 heterocycles. The molecule has 2 heteroatoms. The summed E-state index contributed by atoms with van der Waals surface area (Å²) in [6.45, 7) is 15.1. The molecule has 0 aliphatic rings. The molecule has 0 aliphatic heterocycles. The van der Waals surface area contributed by atoms with Crippen LogP contribution >= 0.6 is 0 Å². The predicted octanol–water partition coefficient (Wildman–Crippen LogP) is 4.73. The van der Waals surface area contributed by atoms with Gasteiger partial charge in [-0.2, -0.15) is 0 Å². The zero-order valence-electron chi connectivity index (χ0n) is 12.2. The van der Waals surface area contributed by atoms with E-state index in [0.717, 1.165) is 6.61 Å². The molecular formula is C16H26OSi. The van der Waals surface area contributed by atoms with E-state index >= 15 is 0 Å². The summed E-state index contributed by atoms with van der Waals surface area (Å²) < 4.78 is 5.77. The first-order valence-electron chi connectivity index (χ1n) is 6.68. The Kier molecular flexibility index (Phi) is 5.83. The van der Waals surface area contributed by atoms with Crippen LogP contribution in [0.5, 0.6) is 0 Å². The summed E-state index contributed by atoms with van der Waals surface area (Å²) in [7, 11) is -1.04. The van der Waals surface area contributed by atoms with Crippen molar-refractivity contribution < 1.29 is 4.74 Å². The number of rotatable bonds is 7. The van der Waals surface area contributed by atoms with Gasteiger partial charge in [-0.15, -0.1) is 0 Å². The minimum Gasteiger partial charge on any atom is -0.376 e. The van der Waals surface area contributed by atoms with Gasteiger partial charge in [-0.25, -0.2) is 0 Å². The van der Waals surface area contributed by atoms with Crippen LogP contribution in [0.4, 0.5) is 0 Å². The smallest absolute Gasteiger partial charge is 0.0717 e. The van der Waals surface area contributed by atoms with E-state index in [1.807, 2.05) is 18.2 Å². The number of hydrogen-bond donors (Lipinski definition) is 0. The lowest BCUT2D eigenvalue weighted by molar-refractivity contribution is 0.101. The highest BCUT2D eigenvalue weighted by Crippen LogP contribution is 2.21. The summed E-state index contributed by atoms with van der Waals surface area (Å²) in [5.41, 5.74) is 2.59. The molecule has 1 rings (SSSR count). The van der Waals surface area contributed by atoms with Crippen LogP contribution in [-0.4, -0.2) is 14.7 Å². The van der Waals surface area contributed by atoms with Crippen LogP contribution in [0.25, 0.3) is 0 Å². The highest BCUT2D eigenvalue weighted by atomic mass is 28.3. The minimum absolute atomic E-state index is 0.459. The van der Waals surface area contributed by atoms with Crippen LogP contribution in [0.3, 0.4) is 0 Å². The molecule has 0 N–H and O–H groups in total. The molecule has 0 aliphatic carbocycles. The Morgan fingerprint density at radius 1 is 1.22 bits per heavy atom. The quantitative estimate of drug-likeness (QED) is 0.510. The Hall–Kier alpha value is -0.863. The molecule has 1 aromatic carbocycles. The SMILES string of the molecule is C=C(C[Si](C)(C)C)[C@@H](C)COCc1ccccc1. The minimum atomic E-state index is -1.04. The highest BCUT2D eigenvalue weighted by Gasteiger charge is 2.17. The summed E-state index contributed by atoms with van der Waals surface area (Å²) in [4.78, 5) is 0. The van der Waals surface area contributed by atoms with Crippen molar-refractivity contribution in [1.29, 1.82) is 0 Å². The van der Waals surface area contributed by atoms with Crippen molar-refractivity contribution in [2.45, 2.75) is 39.2 Å². The molecule has 1 nitrogen and oxygen atoms in total. The number of hydrogen-bond acceptors (Lipinski definition) is 1. The second-order valence-electron chi connectivity index (χ2n) is 6.30. The molecule has 0 amide bonds. The van der Waals surface area contributed by atoms with Gasteiger partial charge in [0.2, 0.25) is 0 Å². The fourth-order valence-electron chi connectivity index (χ4n) is 1.90. The van der Waals surface area contributed by atoms with Gasteiger partial charge in [0.25, 0.3) is 0 Å². The van der Waals surface area contributed by atoms with Crippen molar-refractivity contribution in [3.8, 4) is 0 Å². The molecule has 1 atom stereocenters. The maximum atomic E-state index is 5.77. The van der Waals surface area contributed by atoms with E-state index in [4.69, 9.17) is 4.74 Å². The largest absolute Gasteiger partial charge is 0.376 e. The molecule has 0 radical (unpaired) electrons. The van der Waals surface area contributed by atoms with Crippen LogP contribution in [0.15, 0.2) is 42.5 Å². The Bertz CT molecular complexity index is 364. The van der Waals surface area contributed by atoms with Crippen molar-refractivity contribution in [1.82, 2.24) is 0 Å². The van der Waals surface area contributed by atoms with Gasteiger partial charge in [0, 0.05) is 8.07 Å². The van der Waals surface area contributed by atoms with Gasteiger partial charge in [0.1, 0.15) is 0 Å². The van der Waals surface area contributed by atoms with E-state index in [1.165, 1.54) is 17.2 Å². The molecule has 0 spiro atoms. The lowest BCUT2D eigenvalue weighted by Gasteiger charge is -2.22. The Morgan fingerprint density at radius 3 is 2.39 bits per heavy atom. The molecule has 0 saturated carbocycles. The first-order valence-corrected chi connectivity index (χ1v) is 10.4. The predicted molar refractivity (Wildman–Crippen MR) is 82.6 cm³/mol. The van der Waals surface area contributed by atoms with E-state index in [0.29, 0.717) is 12.5 Å². The molecular weight excluding hydrogens is 236 g/mol. The van der Waals surface area contributed by atoms with Gasteiger partial charge in [-0.1, -0.05) is 69.0 Å². The van der Waals surface area contributed by atoms with Crippen molar-refractivity contribution in [3.05, 3.63) is 48.0 Å². The number of ether oxygens (including phenoxy) is 1. The summed E-state index contributed by atoms with van der Waals surface area (Å²) in [6.07, 6.45) is 0. The van der Waals surface area contributed by atoms with Crippen LogP contribution in [-0.2, 0) is 11.3 Å². The van der Waals surface area contributed by atoms with Gasteiger partial charge >= 0.3 is 0 Å². The van der Waals surface area contributed by atoms with E-state index in [9.17, 15) is 0 Å². The van der Waals surface area contributed by atoms with Gasteiger partial charge in [-0.3, -0.25) is 0 Å². The van der Waals surface area contributed by atoms with Crippen molar-refractivity contribution in [3.63, 3.8) is 0 Å². The standard InChI is InChI=1S/C16H26OSi/c1-14(15(2)13-18(3,4)5)11-17-12-16-9-7-6-8-10-16/h6-10,14H,2,11-13H2,1,3-5H3/t14-/m0/s1. The summed E-state index contributed by atoms with van der Waals surface area (Å²) in [5.74, 6) is 0.459. The summed E-state index contributed by atoms with van der Waals surface area (Å²) in [5, 5.41) is 0. The van der Waals surface area contributed by atoms with Crippen LogP contribution in [0.2, 0.25) is 25.7 Å². The van der Waals surface area contributed by atoms with E-state index < -0.39 is 8.07 Å². The molecule has 0 unspecified atom stereocenters. The zero-order valence-corrected chi connectivity index (χ0v) is 13.2. The van der Waals surface area contributed by atoms with E-state index in [2.05, 4.69) is 45.3 Å². The van der Waals surface area contributed by atoms with Crippen molar-refractivity contribution in [2.24, 2.45) is 5.92 Å². The van der Waals surface area contributed by atoms with Crippen LogP contribution in [0.1, 0.15) is 12.5 Å². The second kappa shape index (κ2) is 6.91.